The molecule has 4 nitrogen and oxygen atoms in total. The predicted octanol–water partition coefficient (Wildman–Crippen LogP) is 3.50. The Morgan fingerprint density at radius 1 is 1.24 bits per heavy atom. The van der Waals surface area contributed by atoms with Crippen molar-refractivity contribution in [1.29, 1.82) is 0 Å². The Bertz CT molecular complexity index is 601. The predicted molar refractivity (Wildman–Crippen MR) is 92.0 cm³/mol. The minimum absolute atomic E-state index is 0.0282. The highest BCUT2D eigenvalue weighted by Crippen LogP contribution is 2.78. The van der Waals surface area contributed by atoms with Crippen molar-refractivity contribution in [3.63, 3.8) is 0 Å². The zero-order valence-electron chi connectivity index (χ0n) is 15.2. The van der Waals surface area contributed by atoms with Crippen molar-refractivity contribution in [2.24, 2.45) is 46.8 Å². The number of hydrogen-bond donors (Lipinski definition) is 1. The van der Waals surface area contributed by atoms with Gasteiger partial charge in [0, 0.05) is 11.0 Å². The van der Waals surface area contributed by atoms with E-state index in [1.54, 1.807) is 6.92 Å². The van der Waals surface area contributed by atoms with Gasteiger partial charge < -0.3 is 5.11 Å². The monoisotopic (exact) mass is 346 g/mol. The normalized spacial score (nSPS) is 49.9. The molecule has 0 aromatic carbocycles. The Labute approximate surface area is 149 Å². The quantitative estimate of drug-likeness (QED) is 0.358. The van der Waals surface area contributed by atoms with Crippen molar-refractivity contribution < 1.29 is 19.7 Å². The van der Waals surface area contributed by atoms with Gasteiger partial charge in [-0.25, -0.2) is 4.79 Å². The lowest BCUT2D eigenvalue weighted by molar-refractivity contribution is -0.330. The SMILES string of the molecule is C=C(C)C(=O)OOC(CO)C12CC(C3CCCC31)C1C3CCC(C3)C12. The molecule has 5 fully saturated rings. The molecule has 0 radical (unpaired) electrons. The molecule has 9 atom stereocenters. The van der Waals surface area contributed by atoms with Gasteiger partial charge in [-0.3, -0.25) is 4.89 Å². The molecule has 0 spiro atoms. The lowest BCUT2D eigenvalue weighted by Crippen LogP contribution is -2.52. The highest BCUT2D eigenvalue weighted by Gasteiger charge is 2.75. The van der Waals surface area contributed by atoms with Crippen LogP contribution in [0.4, 0.5) is 0 Å². The fourth-order valence-corrected chi connectivity index (χ4v) is 8.48. The van der Waals surface area contributed by atoms with Crippen LogP contribution in [0.5, 0.6) is 0 Å². The third-order valence-electron chi connectivity index (χ3n) is 8.85. The summed E-state index contributed by atoms with van der Waals surface area (Å²) in [6.45, 7) is 5.19. The van der Waals surface area contributed by atoms with E-state index in [9.17, 15) is 9.90 Å². The van der Waals surface area contributed by atoms with E-state index in [1.165, 1.54) is 44.9 Å². The number of aliphatic hydroxyl groups excluding tert-OH is 1. The molecule has 1 N–H and O–H groups in total. The average molecular weight is 346 g/mol. The van der Waals surface area contributed by atoms with Gasteiger partial charge in [0.15, 0.2) is 0 Å². The number of carbonyl (C=O) groups excluding carboxylic acids is 1. The first-order valence-electron chi connectivity index (χ1n) is 10.2. The molecule has 5 aliphatic rings. The third-order valence-corrected chi connectivity index (χ3v) is 8.85. The van der Waals surface area contributed by atoms with E-state index >= 15 is 0 Å². The van der Waals surface area contributed by atoms with Crippen LogP contribution in [0.25, 0.3) is 0 Å². The second-order valence-corrected chi connectivity index (χ2v) is 9.54. The van der Waals surface area contributed by atoms with Crippen LogP contribution < -0.4 is 0 Å². The lowest BCUT2D eigenvalue weighted by Gasteiger charge is -2.50. The zero-order chi connectivity index (χ0) is 17.3. The second-order valence-electron chi connectivity index (χ2n) is 9.54. The van der Waals surface area contributed by atoms with E-state index in [0.717, 1.165) is 29.6 Å². The summed E-state index contributed by atoms with van der Waals surface area (Å²) in [7, 11) is 0. The zero-order valence-corrected chi connectivity index (χ0v) is 15.2. The van der Waals surface area contributed by atoms with Crippen LogP contribution in [0.1, 0.15) is 51.9 Å². The summed E-state index contributed by atoms with van der Waals surface area (Å²) in [5.41, 5.74) is 0.363. The molecule has 25 heavy (non-hydrogen) atoms. The molecule has 4 bridgehead atoms. The van der Waals surface area contributed by atoms with Gasteiger partial charge in [0.25, 0.3) is 0 Å². The van der Waals surface area contributed by atoms with Crippen LogP contribution in [-0.2, 0) is 14.6 Å². The van der Waals surface area contributed by atoms with E-state index in [0.29, 0.717) is 17.4 Å². The summed E-state index contributed by atoms with van der Waals surface area (Å²) in [6.07, 6.45) is 8.87. The molecule has 0 heterocycles. The minimum atomic E-state index is -0.519. The Morgan fingerprint density at radius 3 is 2.80 bits per heavy atom. The van der Waals surface area contributed by atoms with Crippen molar-refractivity contribution in [2.45, 2.75) is 58.0 Å². The molecule has 5 saturated carbocycles. The Morgan fingerprint density at radius 2 is 2.04 bits per heavy atom. The average Bonchev–Trinajstić information content (AvgIpc) is 3.36. The van der Waals surface area contributed by atoms with E-state index < -0.39 is 5.97 Å². The molecule has 0 amide bonds. The Kier molecular flexibility index (Phi) is 3.63. The Hall–Kier alpha value is -0.870. The molecule has 0 aromatic rings. The maximum absolute atomic E-state index is 11.8. The van der Waals surface area contributed by atoms with Gasteiger partial charge in [-0.15, -0.1) is 0 Å². The number of aliphatic hydroxyl groups is 1. The summed E-state index contributed by atoms with van der Waals surface area (Å²) in [5, 5.41) is 10.2. The van der Waals surface area contributed by atoms with E-state index in [4.69, 9.17) is 9.78 Å². The highest BCUT2D eigenvalue weighted by molar-refractivity contribution is 5.86. The van der Waals surface area contributed by atoms with Gasteiger partial charge >= 0.3 is 5.97 Å². The molecule has 0 saturated heterocycles. The van der Waals surface area contributed by atoms with Crippen LogP contribution in [-0.4, -0.2) is 23.8 Å². The first kappa shape index (κ1) is 16.3. The first-order valence-corrected chi connectivity index (χ1v) is 10.2. The smallest absolute Gasteiger partial charge is 0.368 e. The van der Waals surface area contributed by atoms with Gasteiger partial charge in [0.1, 0.15) is 6.10 Å². The molecule has 0 aromatic heterocycles. The molecular formula is C21H30O4. The number of fused-ring (bicyclic) bond motifs is 12. The molecule has 0 aliphatic heterocycles. The maximum atomic E-state index is 11.8. The van der Waals surface area contributed by atoms with Gasteiger partial charge in [0.2, 0.25) is 0 Å². The summed E-state index contributed by atoms with van der Waals surface area (Å²) in [4.78, 5) is 22.6. The molecule has 4 heteroatoms. The summed E-state index contributed by atoms with van der Waals surface area (Å²) in [5.74, 6) is 4.99. The Balaban J connectivity index is 1.48. The topological polar surface area (TPSA) is 55.8 Å². The van der Waals surface area contributed by atoms with Gasteiger partial charge in [-0.1, -0.05) is 13.0 Å². The lowest BCUT2D eigenvalue weighted by atomic mass is 9.56. The first-order chi connectivity index (χ1) is 12.1. The van der Waals surface area contributed by atoms with Crippen LogP contribution in [0.15, 0.2) is 12.2 Å². The van der Waals surface area contributed by atoms with Crippen molar-refractivity contribution >= 4 is 5.97 Å². The molecular weight excluding hydrogens is 316 g/mol. The minimum Gasteiger partial charge on any atom is -0.393 e. The number of hydrogen-bond acceptors (Lipinski definition) is 4. The van der Waals surface area contributed by atoms with Crippen molar-refractivity contribution in [1.82, 2.24) is 0 Å². The fraction of sp³-hybridized carbons (Fsp3) is 0.857. The third kappa shape index (κ3) is 1.98. The van der Waals surface area contributed by atoms with E-state index in [1.807, 2.05) is 0 Å². The molecule has 5 aliphatic carbocycles. The molecule has 138 valence electrons. The number of rotatable bonds is 5. The van der Waals surface area contributed by atoms with Gasteiger partial charge in [-0.2, -0.15) is 4.89 Å². The number of carbonyl (C=O) groups is 1. The molecule has 9 unspecified atom stereocenters. The van der Waals surface area contributed by atoms with Crippen molar-refractivity contribution in [3.05, 3.63) is 12.2 Å². The van der Waals surface area contributed by atoms with Gasteiger partial charge in [-0.05, 0) is 86.9 Å². The van der Waals surface area contributed by atoms with Crippen molar-refractivity contribution in [2.75, 3.05) is 6.61 Å². The van der Waals surface area contributed by atoms with Gasteiger partial charge in [0.05, 0.1) is 6.61 Å². The van der Waals surface area contributed by atoms with Crippen LogP contribution in [0.3, 0.4) is 0 Å². The summed E-state index contributed by atoms with van der Waals surface area (Å²) in [6, 6.07) is 0. The van der Waals surface area contributed by atoms with E-state index in [-0.39, 0.29) is 18.1 Å². The molecule has 5 rings (SSSR count). The summed E-state index contributed by atoms with van der Waals surface area (Å²) >= 11 is 0. The highest BCUT2D eigenvalue weighted by atomic mass is 17.2. The van der Waals surface area contributed by atoms with Crippen LogP contribution in [0, 0.1) is 46.8 Å². The van der Waals surface area contributed by atoms with E-state index in [2.05, 4.69) is 6.58 Å². The summed E-state index contributed by atoms with van der Waals surface area (Å²) < 4.78 is 0. The van der Waals surface area contributed by atoms with Crippen LogP contribution >= 0.6 is 0 Å². The fourth-order valence-electron chi connectivity index (χ4n) is 8.48. The standard InChI is InChI=1S/C21H30O4/c1-11(2)20(23)25-24-17(10-22)21-9-15(14-4-3-5-16(14)21)18-12-6-7-13(8-12)19(18)21/h12-19,22H,1,3-10H2,2H3. The van der Waals surface area contributed by atoms with Crippen LogP contribution in [0.2, 0.25) is 0 Å². The largest absolute Gasteiger partial charge is 0.393 e. The van der Waals surface area contributed by atoms with Crippen molar-refractivity contribution in [3.8, 4) is 0 Å². The maximum Gasteiger partial charge on any atom is 0.368 e. The second kappa shape index (κ2) is 5.56.